The molecule has 2 N–H and O–H groups in total. The number of halogens is 2. The molecular weight excluding hydrogens is 205 g/mol. The summed E-state index contributed by atoms with van der Waals surface area (Å²) < 4.78 is 12.8. The van der Waals surface area contributed by atoms with E-state index in [1.807, 2.05) is 6.92 Å². The molecule has 2 nitrogen and oxygen atoms in total. The van der Waals surface area contributed by atoms with Crippen molar-refractivity contribution in [2.75, 3.05) is 13.2 Å². The number of nitrogens with one attached hydrogen (secondary N) is 1. The van der Waals surface area contributed by atoms with Crippen molar-refractivity contribution in [2.45, 2.75) is 13.0 Å². The molecule has 1 aromatic rings. The zero-order valence-electron chi connectivity index (χ0n) is 7.93. The molecule has 0 bridgehead atoms. The minimum atomic E-state index is -0.412. The number of aliphatic hydroxyl groups excluding tert-OH is 1. The molecule has 0 aliphatic carbocycles. The van der Waals surface area contributed by atoms with E-state index in [0.717, 1.165) is 5.56 Å². The van der Waals surface area contributed by atoms with Gasteiger partial charge in [0.05, 0.1) is 11.6 Å². The molecule has 0 unspecified atom stereocenters. The summed E-state index contributed by atoms with van der Waals surface area (Å²) >= 11 is 5.64. The second-order valence-corrected chi connectivity index (χ2v) is 3.48. The number of hydrogen-bond acceptors (Lipinski definition) is 2. The molecule has 1 aromatic carbocycles. The van der Waals surface area contributed by atoms with Crippen molar-refractivity contribution in [3.05, 3.63) is 34.6 Å². The normalized spacial score (nSPS) is 12.9. The molecule has 4 heteroatoms. The molecule has 14 heavy (non-hydrogen) atoms. The minimum absolute atomic E-state index is 0.0558. The van der Waals surface area contributed by atoms with Gasteiger partial charge >= 0.3 is 0 Å². The van der Waals surface area contributed by atoms with Crippen LogP contribution in [0, 0.1) is 5.82 Å². The Hall–Kier alpha value is -0.640. The first-order valence-corrected chi connectivity index (χ1v) is 4.82. The highest BCUT2D eigenvalue weighted by Crippen LogP contribution is 2.20. The van der Waals surface area contributed by atoms with Gasteiger partial charge in [-0.25, -0.2) is 4.39 Å². The van der Waals surface area contributed by atoms with Gasteiger partial charge in [-0.15, -0.1) is 0 Å². The topological polar surface area (TPSA) is 32.3 Å². The largest absolute Gasteiger partial charge is 0.395 e. The first-order valence-electron chi connectivity index (χ1n) is 4.44. The van der Waals surface area contributed by atoms with Crippen LogP contribution >= 0.6 is 11.6 Å². The van der Waals surface area contributed by atoms with Gasteiger partial charge in [0.15, 0.2) is 0 Å². The number of rotatable bonds is 4. The van der Waals surface area contributed by atoms with Crippen molar-refractivity contribution in [1.82, 2.24) is 5.32 Å². The highest BCUT2D eigenvalue weighted by Gasteiger charge is 2.06. The first kappa shape index (κ1) is 11.4. The van der Waals surface area contributed by atoms with Gasteiger partial charge in [-0.05, 0) is 24.6 Å². The van der Waals surface area contributed by atoms with Gasteiger partial charge in [-0.2, -0.15) is 0 Å². The average molecular weight is 218 g/mol. The zero-order valence-corrected chi connectivity index (χ0v) is 8.68. The lowest BCUT2D eigenvalue weighted by molar-refractivity contribution is 0.286. The summed E-state index contributed by atoms with van der Waals surface area (Å²) in [6.07, 6.45) is 0. The molecule has 0 fully saturated rings. The maximum Gasteiger partial charge on any atom is 0.141 e. The van der Waals surface area contributed by atoms with E-state index in [0.29, 0.717) is 6.54 Å². The second kappa shape index (κ2) is 5.29. The summed E-state index contributed by atoms with van der Waals surface area (Å²) in [4.78, 5) is 0. The van der Waals surface area contributed by atoms with Crippen LogP contribution in [0.25, 0.3) is 0 Å². The van der Waals surface area contributed by atoms with Crippen LogP contribution in [0.2, 0.25) is 5.02 Å². The summed E-state index contributed by atoms with van der Waals surface area (Å²) in [5, 5.41) is 11.8. The van der Waals surface area contributed by atoms with Crippen molar-refractivity contribution in [2.24, 2.45) is 0 Å². The highest BCUT2D eigenvalue weighted by atomic mass is 35.5. The van der Waals surface area contributed by atoms with Crippen LogP contribution in [-0.2, 0) is 0 Å². The minimum Gasteiger partial charge on any atom is -0.395 e. The zero-order chi connectivity index (χ0) is 10.6. The van der Waals surface area contributed by atoms with E-state index in [1.54, 1.807) is 12.1 Å². The highest BCUT2D eigenvalue weighted by molar-refractivity contribution is 6.30. The van der Waals surface area contributed by atoms with Gasteiger partial charge in [0, 0.05) is 12.6 Å². The second-order valence-electron chi connectivity index (χ2n) is 3.07. The average Bonchev–Trinajstić information content (AvgIpc) is 2.18. The molecule has 0 aliphatic heterocycles. The number of hydrogen-bond donors (Lipinski definition) is 2. The van der Waals surface area contributed by atoms with E-state index in [2.05, 4.69) is 5.32 Å². The van der Waals surface area contributed by atoms with E-state index in [4.69, 9.17) is 16.7 Å². The molecule has 0 aliphatic rings. The summed E-state index contributed by atoms with van der Waals surface area (Å²) in [7, 11) is 0. The maximum atomic E-state index is 12.8. The van der Waals surface area contributed by atoms with Crippen LogP contribution in [0.4, 0.5) is 4.39 Å². The van der Waals surface area contributed by atoms with Crippen molar-refractivity contribution in [3.8, 4) is 0 Å². The lowest BCUT2D eigenvalue weighted by Gasteiger charge is -2.13. The Kier molecular flexibility index (Phi) is 4.32. The van der Waals surface area contributed by atoms with Gasteiger partial charge in [-0.1, -0.05) is 17.7 Å². The van der Waals surface area contributed by atoms with Crippen LogP contribution in [0.3, 0.4) is 0 Å². The fourth-order valence-corrected chi connectivity index (χ4v) is 1.37. The Labute approximate surface area is 87.7 Å². The third kappa shape index (κ3) is 2.94. The summed E-state index contributed by atoms with van der Waals surface area (Å²) in [6, 6.07) is 4.66. The van der Waals surface area contributed by atoms with Crippen LogP contribution < -0.4 is 5.32 Å². The standard InChI is InChI=1S/C10H13ClFNO/c1-7(13-4-5-14)8-2-3-10(12)9(11)6-8/h2-3,6-7,13-14H,4-5H2,1H3/t7-/m0/s1. The molecule has 1 rings (SSSR count). The first-order chi connectivity index (χ1) is 6.65. The predicted molar refractivity (Wildman–Crippen MR) is 54.9 cm³/mol. The van der Waals surface area contributed by atoms with Crippen LogP contribution in [-0.4, -0.2) is 18.3 Å². The summed E-state index contributed by atoms with van der Waals surface area (Å²) in [6.45, 7) is 2.52. The summed E-state index contributed by atoms with van der Waals surface area (Å²) in [5.41, 5.74) is 0.907. The molecule has 0 saturated heterocycles. The predicted octanol–water partition coefficient (Wildman–Crippen LogP) is 2.12. The van der Waals surface area contributed by atoms with Crippen molar-refractivity contribution in [1.29, 1.82) is 0 Å². The van der Waals surface area contributed by atoms with Crippen molar-refractivity contribution >= 4 is 11.6 Å². The molecule has 0 spiro atoms. The van der Waals surface area contributed by atoms with Crippen LogP contribution in [0.1, 0.15) is 18.5 Å². The van der Waals surface area contributed by atoms with Gasteiger partial charge in [0.1, 0.15) is 5.82 Å². The Morgan fingerprint density at radius 3 is 2.86 bits per heavy atom. The smallest absolute Gasteiger partial charge is 0.141 e. The van der Waals surface area contributed by atoms with Gasteiger partial charge in [0.2, 0.25) is 0 Å². The monoisotopic (exact) mass is 217 g/mol. The fourth-order valence-electron chi connectivity index (χ4n) is 1.18. The van der Waals surface area contributed by atoms with Crippen LogP contribution in [0.5, 0.6) is 0 Å². The molecule has 0 saturated carbocycles. The molecule has 0 aromatic heterocycles. The molecule has 1 atom stereocenters. The van der Waals surface area contributed by atoms with Gasteiger partial charge < -0.3 is 10.4 Å². The Bertz CT molecular complexity index is 306. The number of aliphatic hydroxyl groups is 1. The maximum absolute atomic E-state index is 12.8. The van der Waals surface area contributed by atoms with E-state index >= 15 is 0 Å². The number of benzene rings is 1. The SMILES string of the molecule is C[C@H](NCCO)c1ccc(F)c(Cl)c1. The van der Waals surface area contributed by atoms with Gasteiger partial charge in [0.25, 0.3) is 0 Å². The van der Waals surface area contributed by atoms with E-state index < -0.39 is 5.82 Å². The van der Waals surface area contributed by atoms with Crippen molar-refractivity contribution in [3.63, 3.8) is 0 Å². The lowest BCUT2D eigenvalue weighted by Crippen LogP contribution is -2.22. The Balaban J connectivity index is 2.70. The molecule has 78 valence electrons. The molecular formula is C10H13ClFNO. The van der Waals surface area contributed by atoms with E-state index in [9.17, 15) is 4.39 Å². The summed E-state index contributed by atoms with van der Waals surface area (Å²) in [5.74, 6) is -0.412. The molecule has 0 amide bonds. The quantitative estimate of drug-likeness (QED) is 0.810. The van der Waals surface area contributed by atoms with Crippen LogP contribution in [0.15, 0.2) is 18.2 Å². The Morgan fingerprint density at radius 1 is 1.57 bits per heavy atom. The van der Waals surface area contributed by atoms with E-state index in [-0.39, 0.29) is 17.7 Å². The van der Waals surface area contributed by atoms with Crippen molar-refractivity contribution < 1.29 is 9.50 Å². The fraction of sp³-hybridized carbons (Fsp3) is 0.400. The lowest BCUT2D eigenvalue weighted by atomic mass is 10.1. The molecule has 0 heterocycles. The molecule has 0 radical (unpaired) electrons. The Morgan fingerprint density at radius 2 is 2.29 bits per heavy atom. The third-order valence-corrected chi connectivity index (χ3v) is 2.30. The van der Waals surface area contributed by atoms with Gasteiger partial charge in [-0.3, -0.25) is 0 Å². The van der Waals surface area contributed by atoms with E-state index in [1.165, 1.54) is 6.07 Å². The third-order valence-electron chi connectivity index (χ3n) is 2.01.